The number of hydrogen-bond donors (Lipinski definition) is 0. The number of terminal acetylenes is 1. The van der Waals surface area contributed by atoms with Gasteiger partial charge in [0.2, 0.25) is 11.2 Å². The zero-order valence-corrected chi connectivity index (χ0v) is 7.88. The van der Waals surface area contributed by atoms with Crippen molar-refractivity contribution in [1.29, 1.82) is 0 Å². The summed E-state index contributed by atoms with van der Waals surface area (Å²) in [5.74, 6) is 2.33. The molecule has 0 atom stereocenters. The summed E-state index contributed by atoms with van der Waals surface area (Å²) in [5.41, 5.74) is -0.174. The van der Waals surface area contributed by atoms with Gasteiger partial charge in [-0.25, -0.2) is 4.79 Å². The van der Waals surface area contributed by atoms with Gasteiger partial charge in [0.25, 0.3) is 0 Å². The van der Waals surface area contributed by atoms with Crippen LogP contribution in [0.15, 0.2) is 4.99 Å². The van der Waals surface area contributed by atoms with Crippen LogP contribution in [0.2, 0.25) is 5.02 Å². The van der Waals surface area contributed by atoms with Gasteiger partial charge < -0.3 is 0 Å². The molecule has 66 valence electrons. The van der Waals surface area contributed by atoms with E-state index in [1.165, 1.54) is 6.08 Å². The van der Waals surface area contributed by atoms with Crippen molar-refractivity contribution >= 4 is 34.7 Å². The SMILES string of the molecule is C#CCc1sc(F)c(N=C=O)c1Cl. The Labute approximate surface area is 83.1 Å². The predicted octanol–water partition coefficient (Wildman–Crippen LogP) is 2.68. The topological polar surface area (TPSA) is 29.4 Å². The fourth-order valence-corrected chi connectivity index (χ4v) is 1.93. The smallest absolute Gasteiger partial charge is 0.211 e. The Balaban J connectivity index is 3.23. The molecule has 0 bridgehead atoms. The number of aliphatic imine (C=N–C) groups is 1. The standard InChI is InChI=1S/C8H3ClFNOS/c1-2-3-5-6(9)7(11-4-12)8(10)13-5/h1H,3H2. The highest BCUT2D eigenvalue weighted by atomic mass is 35.5. The minimum atomic E-state index is -0.612. The zero-order chi connectivity index (χ0) is 9.84. The van der Waals surface area contributed by atoms with Crippen LogP contribution in [0.4, 0.5) is 10.1 Å². The van der Waals surface area contributed by atoms with Crippen molar-refractivity contribution in [3.05, 3.63) is 15.0 Å². The molecular weight excluding hydrogens is 213 g/mol. The van der Waals surface area contributed by atoms with E-state index in [9.17, 15) is 9.18 Å². The molecule has 1 aromatic rings. The van der Waals surface area contributed by atoms with Crippen molar-refractivity contribution in [3.63, 3.8) is 0 Å². The number of carbonyl (C=O) groups excluding carboxylic acids is 1. The van der Waals surface area contributed by atoms with Gasteiger partial charge in [0.1, 0.15) is 5.69 Å². The van der Waals surface area contributed by atoms with E-state index in [2.05, 4.69) is 10.9 Å². The highest BCUT2D eigenvalue weighted by Gasteiger charge is 2.15. The second-order valence-corrected chi connectivity index (χ2v) is 3.48. The Morgan fingerprint density at radius 1 is 1.69 bits per heavy atom. The van der Waals surface area contributed by atoms with Crippen LogP contribution in [-0.2, 0) is 11.2 Å². The monoisotopic (exact) mass is 215 g/mol. The minimum Gasteiger partial charge on any atom is -0.211 e. The molecule has 0 saturated heterocycles. The molecule has 13 heavy (non-hydrogen) atoms. The lowest BCUT2D eigenvalue weighted by Gasteiger charge is -1.87. The van der Waals surface area contributed by atoms with Gasteiger partial charge in [-0.2, -0.15) is 9.38 Å². The molecule has 0 radical (unpaired) electrons. The maximum absolute atomic E-state index is 13.0. The summed E-state index contributed by atoms with van der Waals surface area (Å²) in [7, 11) is 0. The average molecular weight is 216 g/mol. The van der Waals surface area contributed by atoms with E-state index in [1.54, 1.807) is 0 Å². The third-order valence-corrected chi connectivity index (χ3v) is 2.76. The van der Waals surface area contributed by atoms with Gasteiger partial charge in [-0.3, -0.25) is 0 Å². The molecule has 1 rings (SSSR count). The van der Waals surface area contributed by atoms with E-state index >= 15 is 0 Å². The fourth-order valence-electron chi connectivity index (χ4n) is 0.765. The molecule has 0 saturated carbocycles. The number of hydrogen-bond acceptors (Lipinski definition) is 3. The van der Waals surface area contributed by atoms with Crippen molar-refractivity contribution in [2.24, 2.45) is 4.99 Å². The molecule has 0 amide bonds. The number of thiophene rings is 1. The Kier molecular flexibility index (Phi) is 3.21. The number of isocyanates is 1. The van der Waals surface area contributed by atoms with Crippen LogP contribution in [0, 0.1) is 17.5 Å². The number of nitrogens with zero attached hydrogens (tertiary/aromatic N) is 1. The Morgan fingerprint density at radius 2 is 2.38 bits per heavy atom. The first-order chi connectivity index (χ1) is 6.20. The summed E-state index contributed by atoms with van der Waals surface area (Å²) in [6.45, 7) is 0. The van der Waals surface area contributed by atoms with Crippen molar-refractivity contribution < 1.29 is 9.18 Å². The van der Waals surface area contributed by atoms with E-state index in [0.29, 0.717) is 4.88 Å². The molecule has 0 aromatic carbocycles. The van der Waals surface area contributed by atoms with Gasteiger partial charge >= 0.3 is 0 Å². The second-order valence-electron chi connectivity index (χ2n) is 2.05. The first-order valence-electron chi connectivity index (χ1n) is 3.18. The first kappa shape index (κ1) is 9.94. The lowest BCUT2D eigenvalue weighted by molar-refractivity contribution is 0.564. The highest BCUT2D eigenvalue weighted by molar-refractivity contribution is 7.11. The summed E-state index contributed by atoms with van der Waals surface area (Å²) in [4.78, 5) is 13.5. The lowest BCUT2D eigenvalue weighted by atomic mass is 10.3. The van der Waals surface area contributed by atoms with Gasteiger partial charge in [0.05, 0.1) is 5.02 Å². The molecule has 1 heterocycles. The predicted molar refractivity (Wildman–Crippen MR) is 49.6 cm³/mol. The Morgan fingerprint density at radius 3 is 2.92 bits per heavy atom. The molecule has 1 aromatic heterocycles. The van der Waals surface area contributed by atoms with Gasteiger partial charge in [-0.05, 0) is 0 Å². The molecule has 0 aliphatic heterocycles. The fraction of sp³-hybridized carbons (Fsp3) is 0.125. The minimum absolute atomic E-state index is 0.101. The van der Waals surface area contributed by atoms with Crippen LogP contribution in [0.25, 0.3) is 0 Å². The second kappa shape index (κ2) is 4.20. The number of halogens is 2. The zero-order valence-electron chi connectivity index (χ0n) is 6.30. The molecule has 0 aliphatic carbocycles. The molecule has 0 N–H and O–H groups in total. The summed E-state index contributed by atoms with van der Waals surface area (Å²) in [6.07, 6.45) is 6.49. The Bertz CT molecular complexity index is 415. The van der Waals surface area contributed by atoms with Crippen LogP contribution in [0.5, 0.6) is 0 Å². The molecule has 0 spiro atoms. The highest BCUT2D eigenvalue weighted by Crippen LogP contribution is 2.38. The van der Waals surface area contributed by atoms with Crippen LogP contribution in [0.3, 0.4) is 0 Å². The molecule has 0 aliphatic rings. The van der Waals surface area contributed by atoms with Crippen molar-refractivity contribution in [2.75, 3.05) is 0 Å². The van der Waals surface area contributed by atoms with Gasteiger partial charge in [0.15, 0.2) is 0 Å². The van der Waals surface area contributed by atoms with Crippen LogP contribution in [0.1, 0.15) is 4.88 Å². The van der Waals surface area contributed by atoms with E-state index in [0.717, 1.165) is 11.3 Å². The average Bonchev–Trinajstić information content (AvgIpc) is 2.34. The largest absolute Gasteiger partial charge is 0.240 e. The van der Waals surface area contributed by atoms with E-state index in [-0.39, 0.29) is 17.1 Å². The summed E-state index contributed by atoms with van der Waals surface area (Å²) in [5, 5.41) is -0.512. The Hall–Kier alpha value is -1.14. The molecule has 2 nitrogen and oxygen atoms in total. The van der Waals surface area contributed by atoms with Crippen LogP contribution < -0.4 is 0 Å². The van der Waals surface area contributed by atoms with Crippen LogP contribution >= 0.6 is 22.9 Å². The van der Waals surface area contributed by atoms with E-state index < -0.39 is 5.13 Å². The maximum Gasteiger partial charge on any atom is 0.240 e. The molecule has 0 unspecified atom stereocenters. The maximum atomic E-state index is 13.0. The normalized spacial score (nSPS) is 9.00. The van der Waals surface area contributed by atoms with Crippen molar-refractivity contribution in [3.8, 4) is 12.3 Å². The third kappa shape index (κ3) is 1.96. The summed E-state index contributed by atoms with van der Waals surface area (Å²) in [6, 6.07) is 0. The number of rotatable bonds is 2. The van der Waals surface area contributed by atoms with Gasteiger partial charge in [0, 0.05) is 11.3 Å². The third-order valence-electron chi connectivity index (χ3n) is 1.27. The summed E-state index contributed by atoms with van der Waals surface area (Å²) < 4.78 is 13.0. The van der Waals surface area contributed by atoms with Gasteiger partial charge in [-0.15, -0.1) is 23.7 Å². The first-order valence-corrected chi connectivity index (χ1v) is 4.38. The van der Waals surface area contributed by atoms with Crippen molar-refractivity contribution in [2.45, 2.75) is 6.42 Å². The van der Waals surface area contributed by atoms with E-state index in [1.807, 2.05) is 0 Å². The van der Waals surface area contributed by atoms with Crippen molar-refractivity contribution in [1.82, 2.24) is 0 Å². The molecule has 0 fully saturated rings. The molecule has 5 heteroatoms. The van der Waals surface area contributed by atoms with Gasteiger partial charge in [-0.1, -0.05) is 11.6 Å². The summed E-state index contributed by atoms with van der Waals surface area (Å²) >= 11 is 6.48. The van der Waals surface area contributed by atoms with E-state index in [4.69, 9.17) is 18.0 Å². The quantitative estimate of drug-likeness (QED) is 0.424. The van der Waals surface area contributed by atoms with Crippen LogP contribution in [-0.4, -0.2) is 6.08 Å². The molecular formula is C8H3ClFNOS. The lowest BCUT2D eigenvalue weighted by Crippen LogP contribution is -1.73.